The van der Waals surface area contributed by atoms with Gasteiger partial charge in [0.2, 0.25) is 5.91 Å². The molecular formula is C21H31N3O2. The number of hydrogen-bond acceptors (Lipinski definition) is 3. The van der Waals surface area contributed by atoms with Crippen molar-refractivity contribution < 1.29 is 9.59 Å². The number of likely N-dealkylation sites (tertiary alicyclic amines) is 1. The average molecular weight is 357 g/mol. The highest BCUT2D eigenvalue weighted by Crippen LogP contribution is 2.33. The van der Waals surface area contributed by atoms with Crippen LogP contribution in [-0.2, 0) is 4.79 Å². The Morgan fingerprint density at radius 3 is 2.38 bits per heavy atom. The minimum Gasteiger partial charge on any atom is -0.342 e. The lowest BCUT2D eigenvalue weighted by atomic mass is 9.74. The smallest absolute Gasteiger partial charge is 0.253 e. The summed E-state index contributed by atoms with van der Waals surface area (Å²) < 4.78 is 0. The van der Waals surface area contributed by atoms with E-state index in [1.807, 2.05) is 54.1 Å². The fourth-order valence-electron chi connectivity index (χ4n) is 4.41. The molecule has 5 heteroatoms. The molecule has 1 saturated carbocycles. The fraction of sp³-hybridized carbons (Fsp3) is 0.619. The molecule has 0 aromatic heterocycles. The lowest BCUT2D eigenvalue weighted by Gasteiger charge is -2.42. The van der Waals surface area contributed by atoms with Gasteiger partial charge in [-0.05, 0) is 44.7 Å². The number of piperidine rings is 1. The molecule has 0 spiro atoms. The van der Waals surface area contributed by atoms with Crippen molar-refractivity contribution in [2.45, 2.75) is 57.0 Å². The van der Waals surface area contributed by atoms with Gasteiger partial charge < -0.3 is 15.5 Å². The van der Waals surface area contributed by atoms with Gasteiger partial charge in [0.1, 0.15) is 0 Å². The standard InChI is InChI=1S/C21H31N3O2/c1-21(22)13-7-6-10-18(21)20(26)23(2)17-11-14-24(15-12-17)19(25)16-8-4-3-5-9-16/h3-5,8-9,17-18H,6-7,10-15,22H2,1-2H3. The summed E-state index contributed by atoms with van der Waals surface area (Å²) in [4.78, 5) is 29.4. The van der Waals surface area contributed by atoms with Crippen LogP contribution in [0.2, 0.25) is 0 Å². The Bertz CT molecular complexity index is 636. The monoisotopic (exact) mass is 357 g/mol. The summed E-state index contributed by atoms with van der Waals surface area (Å²) in [5, 5.41) is 0. The Labute approximate surface area is 156 Å². The van der Waals surface area contributed by atoms with E-state index in [-0.39, 0.29) is 23.8 Å². The van der Waals surface area contributed by atoms with Crippen LogP contribution in [0.25, 0.3) is 0 Å². The SMILES string of the molecule is CN(C(=O)C1CCCCC1(C)N)C1CCN(C(=O)c2ccccc2)CC1. The van der Waals surface area contributed by atoms with Crippen molar-refractivity contribution in [3.8, 4) is 0 Å². The van der Waals surface area contributed by atoms with Gasteiger partial charge in [0.05, 0.1) is 5.92 Å². The van der Waals surface area contributed by atoms with Crippen molar-refractivity contribution in [1.82, 2.24) is 9.80 Å². The number of hydrogen-bond donors (Lipinski definition) is 1. The van der Waals surface area contributed by atoms with E-state index in [0.717, 1.165) is 44.1 Å². The highest BCUT2D eigenvalue weighted by molar-refractivity contribution is 5.94. The molecular weight excluding hydrogens is 326 g/mol. The van der Waals surface area contributed by atoms with Crippen molar-refractivity contribution in [2.24, 2.45) is 11.7 Å². The third-order valence-electron chi connectivity index (χ3n) is 6.22. The molecule has 0 radical (unpaired) electrons. The number of nitrogens with zero attached hydrogens (tertiary/aromatic N) is 2. The Morgan fingerprint density at radius 2 is 1.77 bits per heavy atom. The van der Waals surface area contributed by atoms with E-state index in [0.29, 0.717) is 13.1 Å². The molecule has 2 atom stereocenters. The summed E-state index contributed by atoms with van der Waals surface area (Å²) in [5.74, 6) is 0.188. The molecule has 142 valence electrons. The summed E-state index contributed by atoms with van der Waals surface area (Å²) in [7, 11) is 1.91. The van der Waals surface area contributed by atoms with Crippen LogP contribution in [0.4, 0.5) is 0 Å². The van der Waals surface area contributed by atoms with Crippen LogP contribution in [0.15, 0.2) is 30.3 Å². The minimum atomic E-state index is -0.395. The summed E-state index contributed by atoms with van der Waals surface area (Å²) >= 11 is 0. The molecule has 3 rings (SSSR count). The predicted molar refractivity (Wildman–Crippen MR) is 103 cm³/mol. The predicted octanol–water partition coefficient (Wildman–Crippen LogP) is 2.66. The lowest BCUT2D eigenvalue weighted by molar-refractivity contribution is -0.140. The maximum Gasteiger partial charge on any atom is 0.253 e. The number of carbonyl (C=O) groups is 2. The van der Waals surface area contributed by atoms with Crippen molar-refractivity contribution in [3.05, 3.63) is 35.9 Å². The number of amides is 2. The van der Waals surface area contributed by atoms with E-state index in [1.54, 1.807) is 0 Å². The molecule has 2 unspecified atom stereocenters. The van der Waals surface area contributed by atoms with Crippen LogP contribution in [0, 0.1) is 5.92 Å². The third-order valence-corrected chi connectivity index (χ3v) is 6.22. The highest BCUT2D eigenvalue weighted by Gasteiger charge is 2.40. The van der Waals surface area contributed by atoms with E-state index in [4.69, 9.17) is 5.73 Å². The molecule has 1 saturated heterocycles. The number of carbonyl (C=O) groups excluding carboxylic acids is 2. The molecule has 2 aliphatic rings. The van der Waals surface area contributed by atoms with Gasteiger partial charge in [0.25, 0.3) is 5.91 Å². The molecule has 2 fully saturated rings. The Morgan fingerprint density at radius 1 is 1.12 bits per heavy atom. The second-order valence-corrected chi connectivity index (χ2v) is 8.14. The largest absolute Gasteiger partial charge is 0.342 e. The normalized spacial score (nSPS) is 27.2. The van der Waals surface area contributed by atoms with Crippen LogP contribution in [0.5, 0.6) is 0 Å². The summed E-state index contributed by atoms with van der Waals surface area (Å²) in [6.45, 7) is 3.41. The van der Waals surface area contributed by atoms with Gasteiger partial charge in [-0.2, -0.15) is 0 Å². The van der Waals surface area contributed by atoms with Crippen LogP contribution in [-0.4, -0.2) is 53.3 Å². The third kappa shape index (κ3) is 3.93. The zero-order valence-electron chi connectivity index (χ0n) is 16.0. The van der Waals surface area contributed by atoms with Gasteiger partial charge >= 0.3 is 0 Å². The maximum absolute atomic E-state index is 13.0. The van der Waals surface area contributed by atoms with Crippen molar-refractivity contribution in [1.29, 1.82) is 0 Å². The number of nitrogens with two attached hydrogens (primary N) is 1. The van der Waals surface area contributed by atoms with Gasteiger partial charge in [-0.25, -0.2) is 0 Å². The first-order valence-corrected chi connectivity index (χ1v) is 9.80. The molecule has 1 aromatic carbocycles. The van der Waals surface area contributed by atoms with Gasteiger partial charge in [-0.3, -0.25) is 9.59 Å². The van der Waals surface area contributed by atoms with Crippen LogP contribution < -0.4 is 5.73 Å². The first-order valence-electron chi connectivity index (χ1n) is 9.80. The first-order chi connectivity index (χ1) is 12.4. The Balaban J connectivity index is 1.57. The fourth-order valence-corrected chi connectivity index (χ4v) is 4.41. The van der Waals surface area contributed by atoms with Gasteiger partial charge in [0.15, 0.2) is 0 Å². The summed E-state index contributed by atoms with van der Waals surface area (Å²) in [6.07, 6.45) is 5.66. The lowest BCUT2D eigenvalue weighted by Crippen LogP contribution is -2.56. The van der Waals surface area contributed by atoms with Crippen molar-refractivity contribution in [2.75, 3.05) is 20.1 Å². The zero-order chi connectivity index (χ0) is 18.7. The highest BCUT2D eigenvalue weighted by atomic mass is 16.2. The summed E-state index contributed by atoms with van der Waals surface area (Å²) in [6, 6.07) is 9.60. The van der Waals surface area contributed by atoms with Crippen molar-refractivity contribution >= 4 is 11.8 Å². The second-order valence-electron chi connectivity index (χ2n) is 8.14. The Hall–Kier alpha value is -1.88. The molecule has 2 N–H and O–H groups in total. The van der Waals surface area contributed by atoms with Crippen LogP contribution in [0.1, 0.15) is 55.8 Å². The summed E-state index contributed by atoms with van der Waals surface area (Å²) in [5.41, 5.74) is 6.75. The molecule has 1 aromatic rings. The topological polar surface area (TPSA) is 66.6 Å². The van der Waals surface area contributed by atoms with E-state index in [9.17, 15) is 9.59 Å². The van der Waals surface area contributed by atoms with E-state index in [2.05, 4.69) is 0 Å². The Kier molecular flexibility index (Phi) is 5.66. The average Bonchev–Trinajstić information content (AvgIpc) is 2.67. The second kappa shape index (κ2) is 7.78. The number of rotatable bonds is 3. The minimum absolute atomic E-state index is 0.0785. The molecule has 1 heterocycles. The van der Waals surface area contributed by atoms with Gasteiger partial charge in [-0.1, -0.05) is 31.0 Å². The van der Waals surface area contributed by atoms with Crippen molar-refractivity contribution in [3.63, 3.8) is 0 Å². The maximum atomic E-state index is 13.0. The van der Waals surface area contributed by atoms with Crippen LogP contribution in [0.3, 0.4) is 0 Å². The first kappa shape index (κ1) is 18.9. The van der Waals surface area contributed by atoms with E-state index in [1.165, 1.54) is 0 Å². The molecule has 26 heavy (non-hydrogen) atoms. The molecule has 1 aliphatic carbocycles. The molecule has 5 nitrogen and oxygen atoms in total. The quantitative estimate of drug-likeness (QED) is 0.904. The van der Waals surface area contributed by atoms with E-state index >= 15 is 0 Å². The number of benzene rings is 1. The van der Waals surface area contributed by atoms with E-state index < -0.39 is 5.54 Å². The molecule has 1 aliphatic heterocycles. The van der Waals surface area contributed by atoms with Gasteiger partial charge in [-0.15, -0.1) is 0 Å². The van der Waals surface area contributed by atoms with Gasteiger partial charge in [0, 0.05) is 37.3 Å². The van der Waals surface area contributed by atoms with Crippen LogP contribution >= 0.6 is 0 Å². The zero-order valence-corrected chi connectivity index (χ0v) is 16.0. The molecule has 0 bridgehead atoms. The molecule has 2 amide bonds.